The van der Waals surface area contributed by atoms with Crippen molar-refractivity contribution in [3.8, 4) is 5.75 Å². The van der Waals surface area contributed by atoms with Crippen LogP contribution in [0.1, 0.15) is 86.1 Å². The average Bonchev–Trinajstić information content (AvgIpc) is 3.97. The first-order valence-corrected chi connectivity index (χ1v) is 23.6. The molecule has 5 aromatic rings. The number of fused-ring (bicyclic) bond motifs is 1. The normalized spacial score (nSPS) is 20.2. The van der Waals surface area contributed by atoms with E-state index in [0.717, 1.165) is 6.42 Å². The lowest BCUT2D eigenvalue weighted by Crippen LogP contribution is -2.32. The first-order valence-electron chi connectivity index (χ1n) is 23.6. The summed E-state index contributed by atoms with van der Waals surface area (Å²) in [6, 6.07) is 2.80. The lowest BCUT2D eigenvalue weighted by molar-refractivity contribution is -0.151. The second-order valence-corrected chi connectivity index (χ2v) is 18.3. The number of hydrogen-bond donors (Lipinski definition) is 4. The number of hydrogen-bond acceptors (Lipinski definition) is 16. The van der Waals surface area contributed by atoms with Gasteiger partial charge in [-0.3, -0.25) is 24.0 Å². The zero-order valence-electron chi connectivity index (χ0n) is 39.5. The highest BCUT2D eigenvalue weighted by molar-refractivity contribution is 6.39. The Hall–Kier alpha value is -5.49. The van der Waals surface area contributed by atoms with Crippen molar-refractivity contribution in [1.29, 1.82) is 0 Å². The molecule has 5 atom stereocenters. The van der Waals surface area contributed by atoms with Crippen LogP contribution in [0.3, 0.4) is 0 Å². The number of nitrogen functional groups attached to an aromatic ring is 1. The average molecular weight is 939 g/mol. The molecule has 5 N–H and O–H groups in total. The minimum atomic E-state index is -0.989. The Morgan fingerprint density at radius 1 is 0.691 bits per heavy atom. The molecule has 16 heteroatoms. The molecule has 0 saturated heterocycles. The highest BCUT2D eigenvalue weighted by Gasteiger charge is 2.40. The summed E-state index contributed by atoms with van der Waals surface area (Å²) in [4.78, 5) is 72.1. The van der Waals surface area contributed by atoms with Crippen molar-refractivity contribution in [1.82, 2.24) is 0 Å². The molecular weight excluding hydrogens is 877 g/mol. The lowest BCUT2D eigenvalue weighted by atomic mass is 9.78. The summed E-state index contributed by atoms with van der Waals surface area (Å²) >= 11 is 0. The van der Waals surface area contributed by atoms with Gasteiger partial charge in [0.15, 0.2) is 11.2 Å². The SMILES string of the molecule is COCCOCCOC(=O)C1CCCC1Cc1c2c3c4c(c(OC)c(=O)c5c(NC6CCCC6C(=O)OCCOCCOC)cc(CO)c(c6c(CO)cc(N)c(c1=O)c63)c54)C(C(C)=O)C(C)=C2. The molecule has 0 spiro atoms. The Morgan fingerprint density at radius 3 is 1.90 bits per heavy atom. The second kappa shape index (κ2) is 21.0. The van der Waals surface area contributed by atoms with Gasteiger partial charge < -0.3 is 54.4 Å². The van der Waals surface area contributed by atoms with Gasteiger partial charge in [-0.05, 0) is 102 Å². The summed E-state index contributed by atoms with van der Waals surface area (Å²) < 4.78 is 38.5. The molecule has 5 unspecified atom stereocenters. The summed E-state index contributed by atoms with van der Waals surface area (Å²) in [5.41, 5.74) is 9.04. The Kier molecular flexibility index (Phi) is 15.1. The molecule has 3 aliphatic carbocycles. The third-order valence-electron chi connectivity index (χ3n) is 14.4. The number of anilines is 2. The zero-order chi connectivity index (χ0) is 48.4. The number of allylic oxidation sites excluding steroid dienone is 1. The number of nitrogens with one attached hydrogen (secondary N) is 1. The Morgan fingerprint density at radius 2 is 1.28 bits per heavy atom. The van der Waals surface area contributed by atoms with E-state index >= 15 is 9.59 Å². The predicted octanol–water partition coefficient (Wildman–Crippen LogP) is 5.51. The van der Waals surface area contributed by atoms with Crippen LogP contribution in [0.25, 0.3) is 49.2 Å². The van der Waals surface area contributed by atoms with Crippen molar-refractivity contribution in [2.24, 2.45) is 17.8 Å². The van der Waals surface area contributed by atoms with Crippen LogP contribution in [-0.4, -0.2) is 108 Å². The van der Waals surface area contributed by atoms with Crippen LogP contribution in [0.15, 0.2) is 27.3 Å². The first kappa shape index (κ1) is 48.9. The lowest BCUT2D eigenvalue weighted by Gasteiger charge is -2.27. The van der Waals surface area contributed by atoms with E-state index in [1.807, 2.05) is 6.08 Å². The number of Topliss-reactive ketones (excluding diaryl/α,β-unsaturated/α-hetero) is 1. The van der Waals surface area contributed by atoms with E-state index in [0.29, 0.717) is 130 Å². The third kappa shape index (κ3) is 8.75. The van der Waals surface area contributed by atoms with Crippen molar-refractivity contribution < 1.29 is 57.8 Å². The van der Waals surface area contributed by atoms with E-state index in [9.17, 15) is 24.6 Å². The van der Waals surface area contributed by atoms with E-state index in [1.165, 1.54) is 14.0 Å². The number of esters is 2. The molecule has 364 valence electrons. The minimum Gasteiger partial charge on any atom is -0.492 e. The third-order valence-corrected chi connectivity index (χ3v) is 14.4. The first-order chi connectivity index (χ1) is 32.9. The molecule has 0 aliphatic heterocycles. The van der Waals surface area contributed by atoms with Crippen LogP contribution in [0.2, 0.25) is 0 Å². The van der Waals surface area contributed by atoms with Gasteiger partial charge in [0.1, 0.15) is 19.0 Å². The summed E-state index contributed by atoms with van der Waals surface area (Å²) in [7, 11) is 4.54. The molecule has 0 radical (unpaired) electrons. The van der Waals surface area contributed by atoms with Gasteiger partial charge in [0.2, 0.25) is 5.43 Å². The molecule has 5 aromatic carbocycles. The maximum absolute atomic E-state index is 15.4. The standard InChI is InChI=1S/C52H62N2O14/c1-26-20-33-34(21-28-8-6-9-31(28)51(60)67-18-16-65-14-12-62-3)48(58)42-35(53)22-29(24-55)39-40-30(25-56)23-37(54-36-11-7-10-32(36)52(61)68-19-17-66-15-13-63-4)43-45(40)46(41(33)44(39)42)47(38(26)27(2)57)50(64-5)49(43)59/h20,22-23,28,31-32,36,38,54-56H,6-19,21,24-25,53H2,1-5H3. The maximum atomic E-state index is 15.4. The van der Waals surface area contributed by atoms with E-state index < -0.39 is 48.4 Å². The molecule has 16 nitrogen and oxygen atoms in total. The number of aliphatic hydroxyl groups excluding tert-OH is 2. The largest absolute Gasteiger partial charge is 0.492 e. The number of ether oxygens (including phenoxy) is 7. The number of benzene rings is 5. The van der Waals surface area contributed by atoms with E-state index in [2.05, 4.69) is 5.32 Å². The Balaban J connectivity index is 1.36. The topological polar surface area (TPSA) is 228 Å². The molecule has 3 aliphatic rings. The van der Waals surface area contributed by atoms with Gasteiger partial charge in [-0.25, -0.2) is 0 Å². The molecule has 0 amide bonds. The molecule has 2 fully saturated rings. The molecule has 68 heavy (non-hydrogen) atoms. The summed E-state index contributed by atoms with van der Waals surface area (Å²) in [6.45, 7) is 4.36. The molecule has 8 rings (SSSR count). The number of carbonyl (C=O) groups is 3. The number of nitrogens with two attached hydrogens (primary N) is 1. The quantitative estimate of drug-likeness (QED) is 0.0220. The molecule has 0 heterocycles. The van der Waals surface area contributed by atoms with E-state index in [1.54, 1.807) is 33.3 Å². The van der Waals surface area contributed by atoms with E-state index in [4.69, 9.17) is 38.9 Å². The minimum absolute atomic E-state index is 0.0599. The van der Waals surface area contributed by atoms with Gasteiger partial charge in [0.05, 0.1) is 88.5 Å². The Labute approximate surface area is 393 Å². The van der Waals surface area contributed by atoms with Gasteiger partial charge in [0, 0.05) is 53.5 Å². The fourth-order valence-electron chi connectivity index (χ4n) is 11.5. The molecule has 2 saturated carbocycles. The maximum Gasteiger partial charge on any atom is 0.311 e. The summed E-state index contributed by atoms with van der Waals surface area (Å²) in [5.74, 6) is -3.41. The van der Waals surface area contributed by atoms with Crippen LogP contribution in [-0.2, 0) is 62.4 Å². The summed E-state index contributed by atoms with van der Waals surface area (Å²) in [5, 5.41) is 29.1. The van der Waals surface area contributed by atoms with Crippen molar-refractivity contribution in [3.05, 3.63) is 66.0 Å². The Bertz CT molecular complexity index is 2880. The fraction of sp³-hybridized carbons (Fsp3) is 0.519. The number of carbonyl (C=O) groups excluding carboxylic acids is 3. The summed E-state index contributed by atoms with van der Waals surface area (Å²) in [6.07, 6.45) is 5.85. The van der Waals surface area contributed by atoms with Crippen molar-refractivity contribution in [2.75, 3.05) is 85.2 Å². The molecule has 0 aromatic heterocycles. The van der Waals surface area contributed by atoms with Crippen LogP contribution in [0.5, 0.6) is 5.75 Å². The highest BCUT2D eigenvalue weighted by atomic mass is 16.6. The van der Waals surface area contributed by atoms with Crippen LogP contribution in [0, 0.1) is 17.8 Å². The van der Waals surface area contributed by atoms with Crippen molar-refractivity contribution >= 4 is 78.3 Å². The van der Waals surface area contributed by atoms with Gasteiger partial charge in [-0.2, -0.15) is 0 Å². The predicted molar refractivity (Wildman–Crippen MR) is 258 cm³/mol. The zero-order valence-corrected chi connectivity index (χ0v) is 39.5. The number of aliphatic hydroxyl groups is 2. The van der Waals surface area contributed by atoms with Crippen molar-refractivity contribution in [2.45, 2.75) is 84.0 Å². The monoisotopic (exact) mass is 938 g/mol. The van der Waals surface area contributed by atoms with Gasteiger partial charge in [0.25, 0.3) is 0 Å². The smallest absolute Gasteiger partial charge is 0.311 e. The van der Waals surface area contributed by atoms with Crippen molar-refractivity contribution in [3.63, 3.8) is 0 Å². The highest BCUT2D eigenvalue weighted by Crippen LogP contribution is 2.53. The van der Waals surface area contributed by atoms with Gasteiger partial charge >= 0.3 is 11.9 Å². The second-order valence-electron chi connectivity index (χ2n) is 18.3. The van der Waals surface area contributed by atoms with Gasteiger partial charge in [-0.1, -0.05) is 24.5 Å². The van der Waals surface area contributed by atoms with E-state index in [-0.39, 0.29) is 78.2 Å². The van der Waals surface area contributed by atoms with Crippen LogP contribution < -0.4 is 26.6 Å². The number of methoxy groups -OCH3 is 3. The molecular formula is C52H62N2O14. The van der Waals surface area contributed by atoms with Gasteiger partial charge in [-0.15, -0.1) is 0 Å². The fourth-order valence-corrected chi connectivity index (χ4v) is 11.5. The number of rotatable bonds is 22. The molecule has 0 bridgehead atoms. The van der Waals surface area contributed by atoms with Crippen LogP contribution >= 0.6 is 0 Å². The van der Waals surface area contributed by atoms with Crippen LogP contribution in [0.4, 0.5) is 11.4 Å². The number of ketones is 1.